The number of amides is 1. The van der Waals surface area contributed by atoms with E-state index in [0.29, 0.717) is 17.4 Å². The zero-order chi connectivity index (χ0) is 25.2. The summed E-state index contributed by atoms with van der Waals surface area (Å²) in [4.78, 5) is 23.8. The maximum Gasteiger partial charge on any atom is 0.416 e. The number of hydrogen-bond acceptors (Lipinski definition) is 7. The molecule has 1 N–H and O–H groups in total. The molecule has 4 rings (SSSR count). The number of aryl methyl sites for hydroxylation is 1. The summed E-state index contributed by atoms with van der Waals surface area (Å²) in [5, 5.41) is 14.3. The highest BCUT2D eigenvalue weighted by Gasteiger charge is 2.33. The minimum absolute atomic E-state index is 0.0343. The van der Waals surface area contributed by atoms with Crippen LogP contribution in [-0.2, 0) is 28.9 Å². The summed E-state index contributed by atoms with van der Waals surface area (Å²) in [6, 6.07) is 10.0. The van der Waals surface area contributed by atoms with Gasteiger partial charge in [-0.15, -0.1) is 5.10 Å². The third kappa shape index (κ3) is 5.31. The molecule has 2 aromatic heterocycles. The van der Waals surface area contributed by atoms with E-state index in [1.54, 1.807) is 19.1 Å². The van der Waals surface area contributed by atoms with Crippen molar-refractivity contribution in [2.75, 3.05) is 5.32 Å². The average molecular weight is 487 g/mol. The molecular weight excluding hydrogens is 467 g/mol. The van der Waals surface area contributed by atoms with E-state index in [9.17, 15) is 22.8 Å². The van der Waals surface area contributed by atoms with Crippen LogP contribution in [0.5, 0.6) is 0 Å². The number of anilines is 1. The van der Waals surface area contributed by atoms with Crippen LogP contribution in [0.25, 0.3) is 22.6 Å². The number of fused-ring (bicyclic) bond motifs is 1. The van der Waals surface area contributed by atoms with E-state index < -0.39 is 23.6 Å². The van der Waals surface area contributed by atoms with Crippen molar-refractivity contribution in [2.24, 2.45) is 0 Å². The van der Waals surface area contributed by atoms with Gasteiger partial charge in [0, 0.05) is 23.6 Å². The first-order valence-electron chi connectivity index (χ1n) is 10.6. The Morgan fingerprint density at radius 3 is 2.66 bits per heavy atom. The van der Waals surface area contributed by atoms with Gasteiger partial charge >= 0.3 is 12.1 Å². The highest BCUT2D eigenvalue weighted by atomic mass is 19.4. The van der Waals surface area contributed by atoms with Crippen molar-refractivity contribution in [3.05, 3.63) is 59.2 Å². The fourth-order valence-electron chi connectivity index (χ4n) is 3.51. The zero-order valence-electron chi connectivity index (χ0n) is 18.7. The average Bonchev–Trinajstić information content (AvgIpc) is 3.44. The third-order valence-electron chi connectivity index (χ3n) is 5.12. The second-order valence-corrected chi connectivity index (χ2v) is 7.70. The molecule has 0 aliphatic carbocycles. The zero-order valence-corrected chi connectivity index (χ0v) is 18.7. The van der Waals surface area contributed by atoms with Gasteiger partial charge in [-0.2, -0.15) is 17.9 Å². The number of tetrazole rings is 1. The van der Waals surface area contributed by atoms with Crippen molar-refractivity contribution >= 4 is 28.5 Å². The van der Waals surface area contributed by atoms with Crippen molar-refractivity contribution in [2.45, 2.75) is 39.6 Å². The Morgan fingerprint density at radius 1 is 1.14 bits per heavy atom. The second-order valence-electron chi connectivity index (χ2n) is 7.70. The van der Waals surface area contributed by atoms with Crippen LogP contribution in [0.2, 0.25) is 0 Å². The number of carbonyl (C=O) groups is 2. The molecule has 0 unspecified atom stereocenters. The van der Waals surface area contributed by atoms with E-state index in [2.05, 4.69) is 20.8 Å². The summed E-state index contributed by atoms with van der Waals surface area (Å²) in [5.41, 5.74) is -0.0338. The molecule has 0 fully saturated rings. The largest absolute Gasteiger partial charge is 0.453 e. The Balaban J connectivity index is 1.57. The summed E-state index contributed by atoms with van der Waals surface area (Å²) in [5.74, 6) is -0.619. The van der Waals surface area contributed by atoms with Crippen LogP contribution < -0.4 is 5.32 Å². The Morgan fingerprint density at radius 2 is 1.94 bits per heavy atom. The van der Waals surface area contributed by atoms with Gasteiger partial charge in [0.1, 0.15) is 5.58 Å². The Bertz CT molecular complexity index is 1390. The number of furan rings is 1. The molecule has 2 heterocycles. The molecule has 1 amide bonds. The van der Waals surface area contributed by atoms with Crippen LogP contribution in [0.4, 0.5) is 18.9 Å². The van der Waals surface area contributed by atoms with Crippen molar-refractivity contribution < 1.29 is 31.9 Å². The molecule has 0 atom stereocenters. The van der Waals surface area contributed by atoms with E-state index >= 15 is 0 Å². The smallest absolute Gasteiger partial charge is 0.416 e. The Labute approximate surface area is 196 Å². The Kier molecular flexibility index (Phi) is 6.54. The number of nitrogens with zero attached hydrogens (tertiary/aromatic N) is 4. The molecule has 2 aromatic carbocycles. The maximum absolute atomic E-state index is 13.5. The number of benzene rings is 2. The molecule has 0 aliphatic heterocycles. The van der Waals surface area contributed by atoms with Gasteiger partial charge in [-0.1, -0.05) is 25.5 Å². The van der Waals surface area contributed by atoms with E-state index in [-0.39, 0.29) is 41.6 Å². The first-order chi connectivity index (χ1) is 16.7. The first kappa shape index (κ1) is 23.9. The highest BCUT2D eigenvalue weighted by molar-refractivity contribution is 6.06. The van der Waals surface area contributed by atoms with Gasteiger partial charge < -0.3 is 14.5 Å². The van der Waals surface area contributed by atoms with Gasteiger partial charge in [-0.25, -0.2) is 0 Å². The Hall–Kier alpha value is -4.22. The number of rotatable bonds is 7. The second kappa shape index (κ2) is 9.57. The minimum atomic E-state index is -4.53. The van der Waals surface area contributed by atoms with Crippen LogP contribution in [0.3, 0.4) is 0 Å². The van der Waals surface area contributed by atoms with Crippen LogP contribution in [0.1, 0.15) is 41.8 Å². The third-order valence-corrected chi connectivity index (χ3v) is 5.12. The number of carbonyl (C=O) groups excluding carboxylic acids is 2. The molecule has 35 heavy (non-hydrogen) atoms. The lowest BCUT2D eigenvalue weighted by atomic mass is 10.0. The fourth-order valence-corrected chi connectivity index (χ4v) is 3.51. The lowest BCUT2D eigenvalue weighted by molar-refractivity contribution is -0.145. The molecule has 0 spiro atoms. The maximum atomic E-state index is 13.5. The van der Waals surface area contributed by atoms with Crippen LogP contribution in [0.15, 0.2) is 46.9 Å². The van der Waals surface area contributed by atoms with Gasteiger partial charge in [0.05, 0.1) is 5.56 Å². The molecule has 0 bridgehead atoms. The van der Waals surface area contributed by atoms with E-state index in [1.807, 2.05) is 0 Å². The van der Waals surface area contributed by atoms with Crippen molar-refractivity contribution in [1.82, 2.24) is 20.2 Å². The van der Waals surface area contributed by atoms with E-state index in [1.165, 1.54) is 35.9 Å². The molecule has 0 saturated heterocycles. The SMILES string of the molecule is CCCc1ccc(NC(=O)c2ccc3cc(-c4nnnn4COC(C)=O)oc3c2)cc1C(F)(F)F. The topological polar surface area (TPSA) is 112 Å². The van der Waals surface area contributed by atoms with Gasteiger partial charge in [0.2, 0.25) is 5.82 Å². The fraction of sp³-hybridized carbons (Fsp3) is 0.261. The predicted molar refractivity (Wildman–Crippen MR) is 118 cm³/mol. The molecule has 0 aliphatic rings. The summed E-state index contributed by atoms with van der Waals surface area (Å²) >= 11 is 0. The monoisotopic (exact) mass is 487 g/mol. The van der Waals surface area contributed by atoms with Crippen molar-refractivity contribution in [3.8, 4) is 11.6 Å². The lowest BCUT2D eigenvalue weighted by Crippen LogP contribution is -2.14. The predicted octanol–water partition coefficient (Wildman–Crippen LogP) is 4.83. The van der Waals surface area contributed by atoms with Crippen LogP contribution in [0, 0.1) is 0 Å². The quantitative estimate of drug-likeness (QED) is 0.372. The van der Waals surface area contributed by atoms with Gasteiger partial charge in [0.15, 0.2) is 12.5 Å². The van der Waals surface area contributed by atoms with Gasteiger partial charge in [-0.05, 0) is 52.7 Å². The minimum Gasteiger partial charge on any atom is -0.453 e. The normalized spacial score (nSPS) is 11.6. The number of ether oxygens (including phenoxy) is 1. The molecule has 4 aromatic rings. The molecule has 12 heteroatoms. The van der Waals surface area contributed by atoms with Crippen molar-refractivity contribution in [1.29, 1.82) is 0 Å². The molecular formula is C23H20F3N5O4. The number of esters is 1. The molecule has 9 nitrogen and oxygen atoms in total. The summed E-state index contributed by atoms with van der Waals surface area (Å²) in [6.07, 6.45) is -3.68. The summed E-state index contributed by atoms with van der Waals surface area (Å²) in [7, 11) is 0. The van der Waals surface area contributed by atoms with Crippen molar-refractivity contribution in [3.63, 3.8) is 0 Å². The standard InChI is InChI=1S/C23H20F3N5O4/c1-3-4-14-7-8-17(11-18(14)23(24,25)26)27-22(33)16-6-5-15-9-20(35-19(15)10-16)21-28-29-30-31(21)12-34-13(2)32/h5-11H,3-4,12H2,1-2H3,(H,27,33). The number of hydrogen-bond donors (Lipinski definition) is 1. The van der Waals surface area contributed by atoms with Gasteiger partial charge in [0.25, 0.3) is 5.91 Å². The number of aromatic nitrogens is 4. The molecule has 182 valence electrons. The number of halogens is 3. The number of alkyl halides is 3. The molecule has 0 saturated carbocycles. The lowest BCUT2D eigenvalue weighted by Gasteiger charge is -2.14. The molecule has 0 radical (unpaired) electrons. The summed E-state index contributed by atoms with van der Waals surface area (Å²) in [6.45, 7) is 2.84. The van der Waals surface area contributed by atoms with E-state index in [4.69, 9.17) is 9.15 Å². The first-order valence-corrected chi connectivity index (χ1v) is 10.6. The highest BCUT2D eigenvalue weighted by Crippen LogP contribution is 2.34. The van der Waals surface area contributed by atoms with Crippen LogP contribution in [-0.4, -0.2) is 32.1 Å². The van der Waals surface area contributed by atoms with E-state index in [0.717, 1.165) is 6.07 Å². The number of nitrogens with one attached hydrogen (secondary N) is 1. The van der Waals surface area contributed by atoms with Gasteiger partial charge in [-0.3, -0.25) is 9.59 Å². The van der Waals surface area contributed by atoms with Crippen LogP contribution >= 0.6 is 0 Å². The summed E-state index contributed by atoms with van der Waals surface area (Å²) < 4.78 is 52.3.